The van der Waals surface area contributed by atoms with E-state index in [0.717, 1.165) is 6.54 Å². The number of likely N-dealkylation sites (tertiary alicyclic amines) is 2. The van der Waals surface area contributed by atoms with E-state index in [1.54, 1.807) is 0 Å². The number of piperidine rings is 1. The Morgan fingerprint density at radius 3 is 2.62 bits per heavy atom. The molecule has 3 heterocycles. The lowest BCUT2D eigenvalue weighted by molar-refractivity contribution is 0.0929. The number of nitrogens with zero attached hydrogens (tertiary/aromatic N) is 2. The Labute approximate surface area is 150 Å². The second kappa shape index (κ2) is 7.38. The summed E-state index contributed by atoms with van der Waals surface area (Å²) in [5, 5.41) is 2.20. The van der Waals surface area contributed by atoms with Gasteiger partial charge in [0.05, 0.1) is 0 Å². The smallest absolute Gasteiger partial charge is 0.0328 e. The Hall–Kier alpha value is -1.16. The van der Waals surface area contributed by atoms with Gasteiger partial charge in [-0.15, -0.1) is 11.3 Å². The van der Waals surface area contributed by atoms with Crippen molar-refractivity contribution in [2.45, 2.75) is 32.2 Å². The Balaban J connectivity index is 1.31. The maximum absolute atomic E-state index is 2.73. The third kappa shape index (κ3) is 3.90. The van der Waals surface area contributed by atoms with Crippen LogP contribution in [0.3, 0.4) is 0 Å². The highest BCUT2D eigenvalue weighted by Gasteiger charge is 2.40. The summed E-state index contributed by atoms with van der Waals surface area (Å²) in [6.07, 6.45) is 5.38. The van der Waals surface area contributed by atoms with Gasteiger partial charge in [-0.2, -0.15) is 0 Å². The molecule has 3 heteroatoms. The summed E-state index contributed by atoms with van der Waals surface area (Å²) in [6, 6.07) is 15.4. The number of thiophene rings is 1. The van der Waals surface area contributed by atoms with Gasteiger partial charge in [-0.1, -0.05) is 36.4 Å². The highest BCUT2D eigenvalue weighted by atomic mass is 32.1. The number of hydrogen-bond donors (Lipinski definition) is 0. The number of benzene rings is 1. The average Bonchev–Trinajstić information content (AvgIpc) is 3.25. The van der Waals surface area contributed by atoms with E-state index in [1.807, 2.05) is 11.3 Å². The third-order valence-electron chi connectivity index (χ3n) is 5.78. The normalized spacial score (nSPS) is 25.5. The Morgan fingerprint density at radius 2 is 1.79 bits per heavy atom. The predicted molar refractivity (Wildman–Crippen MR) is 102 cm³/mol. The first-order valence-corrected chi connectivity index (χ1v) is 10.2. The van der Waals surface area contributed by atoms with E-state index in [4.69, 9.17) is 0 Å². The molecule has 0 N–H and O–H groups in total. The molecule has 1 spiro atoms. The minimum atomic E-state index is 0.562. The SMILES string of the molecule is c1ccc(CCN2CCCC3(CCN(Cc4cccs4)C3)C2)cc1. The lowest BCUT2D eigenvalue weighted by atomic mass is 9.79. The van der Waals surface area contributed by atoms with E-state index in [1.165, 1.54) is 68.8 Å². The zero-order valence-electron chi connectivity index (χ0n) is 14.5. The summed E-state index contributed by atoms with van der Waals surface area (Å²) in [7, 11) is 0. The molecule has 0 saturated carbocycles. The van der Waals surface area contributed by atoms with Crippen molar-refractivity contribution in [2.75, 3.05) is 32.7 Å². The molecule has 2 aliphatic rings. The van der Waals surface area contributed by atoms with Crippen LogP contribution in [0.2, 0.25) is 0 Å². The van der Waals surface area contributed by atoms with Crippen LogP contribution < -0.4 is 0 Å². The van der Waals surface area contributed by atoms with Gasteiger partial charge in [0.15, 0.2) is 0 Å². The first-order chi connectivity index (χ1) is 11.8. The molecule has 2 nitrogen and oxygen atoms in total. The highest BCUT2D eigenvalue weighted by Crippen LogP contribution is 2.39. The molecule has 0 aliphatic carbocycles. The molecular weight excluding hydrogens is 312 g/mol. The molecule has 1 aromatic carbocycles. The van der Waals surface area contributed by atoms with Crippen molar-refractivity contribution in [3.05, 3.63) is 58.3 Å². The lowest BCUT2D eigenvalue weighted by Crippen LogP contribution is -2.45. The van der Waals surface area contributed by atoms with Crippen LogP contribution in [0.5, 0.6) is 0 Å². The Bertz CT molecular complexity index is 625. The van der Waals surface area contributed by atoms with Crippen LogP contribution in [-0.2, 0) is 13.0 Å². The first-order valence-electron chi connectivity index (χ1n) is 9.32. The minimum absolute atomic E-state index is 0.562. The van der Waals surface area contributed by atoms with Crippen molar-refractivity contribution < 1.29 is 0 Å². The molecule has 0 amide bonds. The van der Waals surface area contributed by atoms with Crippen LogP contribution in [0.1, 0.15) is 29.7 Å². The summed E-state index contributed by atoms with van der Waals surface area (Å²) >= 11 is 1.90. The van der Waals surface area contributed by atoms with Gasteiger partial charge >= 0.3 is 0 Å². The minimum Gasteiger partial charge on any atom is -0.302 e. The molecular formula is C21H28N2S. The predicted octanol–water partition coefficient (Wildman–Crippen LogP) is 4.28. The fourth-order valence-corrected chi connectivity index (χ4v) is 5.30. The van der Waals surface area contributed by atoms with E-state index in [-0.39, 0.29) is 0 Å². The Kier molecular flexibility index (Phi) is 5.02. The summed E-state index contributed by atoms with van der Waals surface area (Å²) in [5.74, 6) is 0. The molecule has 24 heavy (non-hydrogen) atoms. The van der Waals surface area contributed by atoms with Gasteiger partial charge in [-0.3, -0.25) is 4.90 Å². The zero-order chi connectivity index (χ0) is 16.2. The van der Waals surface area contributed by atoms with Crippen LogP contribution in [0.25, 0.3) is 0 Å². The van der Waals surface area contributed by atoms with Gasteiger partial charge in [0, 0.05) is 31.1 Å². The van der Waals surface area contributed by atoms with Crippen molar-refractivity contribution in [3.63, 3.8) is 0 Å². The van der Waals surface area contributed by atoms with E-state index < -0.39 is 0 Å². The lowest BCUT2D eigenvalue weighted by Gasteiger charge is -2.40. The second-order valence-electron chi connectivity index (χ2n) is 7.66. The molecule has 4 rings (SSSR count). The van der Waals surface area contributed by atoms with Crippen LogP contribution in [0.15, 0.2) is 47.8 Å². The van der Waals surface area contributed by atoms with E-state index >= 15 is 0 Å². The van der Waals surface area contributed by atoms with Crippen LogP contribution in [-0.4, -0.2) is 42.5 Å². The molecule has 2 fully saturated rings. The van der Waals surface area contributed by atoms with E-state index in [2.05, 4.69) is 57.6 Å². The second-order valence-corrected chi connectivity index (χ2v) is 8.69. The number of rotatable bonds is 5. The molecule has 1 atom stereocenters. The topological polar surface area (TPSA) is 6.48 Å². The summed E-state index contributed by atoms with van der Waals surface area (Å²) in [6.45, 7) is 7.55. The largest absolute Gasteiger partial charge is 0.302 e. The Morgan fingerprint density at radius 1 is 0.917 bits per heavy atom. The van der Waals surface area contributed by atoms with Crippen molar-refractivity contribution >= 4 is 11.3 Å². The molecule has 0 bridgehead atoms. The highest BCUT2D eigenvalue weighted by molar-refractivity contribution is 7.09. The molecule has 0 radical (unpaired) electrons. The molecule has 1 unspecified atom stereocenters. The van der Waals surface area contributed by atoms with Crippen LogP contribution in [0.4, 0.5) is 0 Å². The van der Waals surface area contributed by atoms with Crippen molar-refractivity contribution in [1.82, 2.24) is 9.80 Å². The van der Waals surface area contributed by atoms with E-state index in [0.29, 0.717) is 5.41 Å². The van der Waals surface area contributed by atoms with Crippen LogP contribution >= 0.6 is 11.3 Å². The van der Waals surface area contributed by atoms with Gasteiger partial charge < -0.3 is 4.90 Å². The number of hydrogen-bond acceptors (Lipinski definition) is 3. The fourth-order valence-electron chi connectivity index (χ4n) is 4.55. The average molecular weight is 341 g/mol. The van der Waals surface area contributed by atoms with Gasteiger partial charge in [-0.05, 0) is 61.2 Å². The molecule has 2 aromatic rings. The molecule has 2 aliphatic heterocycles. The van der Waals surface area contributed by atoms with Gasteiger partial charge in [0.2, 0.25) is 0 Å². The van der Waals surface area contributed by atoms with E-state index in [9.17, 15) is 0 Å². The van der Waals surface area contributed by atoms with Gasteiger partial charge in [-0.25, -0.2) is 0 Å². The summed E-state index contributed by atoms with van der Waals surface area (Å²) in [5.41, 5.74) is 2.04. The monoisotopic (exact) mass is 340 g/mol. The van der Waals surface area contributed by atoms with Crippen molar-refractivity contribution in [3.8, 4) is 0 Å². The quantitative estimate of drug-likeness (QED) is 0.801. The van der Waals surface area contributed by atoms with Gasteiger partial charge in [0.1, 0.15) is 0 Å². The maximum Gasteiger partial charge on any atom is 0.0328 e. The van der Waals surface area contributed by atoms with Crippen molar-refractivity contribution in [1.29, 1.82) is 0 Å². The van der Waals surface area contributed by atoms with Gasteiger partial charge in [0.25, 0.3) is 0 Å². The fraction of sp³-hybridized carbons (Fsp3) is 0.524. The summed E-state index contributed by atoms with van der Waals surface area (Å²) in [4.78, 5) is 6.93. The molecule has 1 aromatic heterocycles. The molecule has 2 saturated heterocycles. The standard InChI is InChI=1S/C21H28N2S/c1-2-6-19(7-3-1)9-13-22-12-5-10-21(17-22)11-14-23(18-21)16-20-8-4-15-24-20/h1-4,6-8,15H,5,9-14,16-18H2. The summed E-state index contributed by atoms with van der Waals surface area (Å²) < 4.78 is 0. The third-order valence-corrected chi connectivity index (χ3v) is 6.64. The zero-order valence-corrected chi connectivity index (χ0v) is 15.3. The van der Waals surface area contributed by atoms with Crippen molar-refractivity contribution in [2.24, 2.45) is 5.41 Å². The maximum atomic E-state index is 2.73. The first kappa shape index (κ1) is 16.3. The molecule has 128 valence electrons. The van der Waals surface area contributed by atoms with Crippen LogP contribution in [0, 0.1) is 5.41 Å².